The molecule has 1 N–H and O–H groups in total. The Morgan fingerprint density at radius 2 is 2.00 bits per heavy atom. The maximum absolute atomic E-state index is 10.2. The summed E-state index contributed by atoms with van der Waals surface area (Å²) >= 11 is 0. The van der Waals surface area contributed by atoms with Crippen LogP contribution in [0.3, 0.4) is 0 Å². The van der Waals surface area contributed by atoms with Gasteiger partial charge in [-0.1, -0.05) is 30.4 Å². The standard InChI is InChI=1S/C15H15NO2/c16-12-14-10-8-13(9-11-14)6-4-2-1-3-5-7-15(17)18/h1,3,5,7-11H,2,4,6H2,(H,17,18)/b3-1+,7-5+. The van der Waals surface area contributed by atoms with E-state index in [1.54, 1.807) is 6.08 Å². The number of aliphatic carboxylic acids is 1. The Bertz CT molecular complexity index is 478. The Kier molecular flexibility index (Phi) is 5.99. The molecular weight excluding hydrogens is 226 g/mol. The van der Waals surface area contributed by atoms with Crippen LogP contribution in [-0.4, -0.2) is 11.1 Å². The van der Waals surface area contributed by atoms with E-state index in [1.165, 1.54) is 11.6 Å². The van der Waals surface area contributed by atoms with Crippen molar-refractivity contribution >= 4 is 5.97 Å². The molecule has 0 atom stereocenters. The van der Waals surface area contributed by atoms with Gasteiger partial charge in [-0.2, -0.15) is 5.26 Å². The molecule has 0 heterocycles. The van der Waals surface area contributed by atoms with Gasteiger partial charge >= 0.3 is 5.97 Å². The number of aryl methyl sites for hydroxylation is 1. The molecule has 1 rings (SSSR count). The van der Waals surface area contributed by atoms with E-state index >= 15 is 0 Å². The van der Waals surface area contributed by atoms with Crippen LogP contribution >= 0.6 is 0 Å². The molecule has 0 aliphatic heterocycles. The third-order valence-electron chi connectivity index (χ3n) is 2.41. The highest BCUT2D eigenvalue weighted by Gasteiger charge is 1.93. The Labute approximate surface area is 107 Å². The predicted molar refractivity (Wildman–Crippen MR) is 70.0 cm³/mol. The van der Waals surface area contributed by atoms with E-state index in [4.69, 9.17) is 10.4 Å². The normalized spacial score (nSPS) is 10.8. The Hall–Kier alpha value is -2.34. The number of carbonyl (C=O) groups is 1. The zero-order valence-electron chi connectivity index (χ0n) is 10.0. The number of rotatable bonds is 6. The van der Waals surface area contributed by atoms with Gasteiger partial charge in [0.15, 0.2) is 0 Å². The molecule has 0 aliphatic rings. The van der Waals surface area contributed by atoms with E-state index in [9.17, 15) is 4.79 Å². The summed E-state index contributed by atoms with van der Waals surface area (Å²) in [5.41, 5.74) is 1.89. The van der Waals surface area contributed by atoms with Crippen molar-refractivity contribution < 1.29 is 9.90 Å². The number of nitrogens with zero attached hydrogens (tertiary/aromatic N) is 1. The molecule has 0 saturated heterocycles. The molecular formula is C15H15NO2. The number of carboxylic acid groups (broad SMARTS) is 1. The number of benzene rings is 1. The van der Waals surface area contributed by atoms with Gasteiger partial charge < -0.3 is 5.11 Å². The van der Waals surface area contributed by atoms with Gasteiger partial charge in [0, 0.05) is 6.08 Å². The third-order valence-corrected chi connectivity index (χ3v) is 2.41. The van der Waals surface area contributed by atoms with E-state index < -0.39 is 5.97 Å². The Morgan fingerprint density at radius 1 is 1.28 bits per heavy atom. The van der Waals surface area contributed by atoms with Crippen LogP contribution in [0.25, 0.3) is 0 Å². The lowest BCUT2D eigenvalue weighted by Crippen LogP contribution is -1.85. The summed E-state index contributed by atoms with van der Waals surface area (Å²) in [6, 6.07) is 9.66. The molecule has 0 aromatic heterocycles. The molecule has 92 valence electrons. The van der Waals surface area contributed by atoms with Crippen molar-refractivity contribution in [1.82, 2.24) is 0 Å². The van der Waals surface area contributed by atoms with Gasteiger partial charge in [0.05, 0.1) is 11.6 Å². The second-order valence-electron chi connectivity index (χ2n) is 3.83. The van der Waals surface area contributed by atoms with Crippen molar-refractivity contribution in [2.45, 2.75) is 19.3 Å². The number of nitriles is 1. The highest BCUT2D eigenvalue weighted by Crippen LogP contribution is 2.07. The Balaban J connectivity index is 2.25. The van der Waals surface area contributed by atoms with Crippen LogP contribution in [0, 0.1) is 11.3 Å². The minimum atomic E-state index is -0.933. The molecule has 0 spiro atoms. The van der Waals surface area contributed by atoms with Crippen molar-refractivity contribution in [1.29, 1.82) is 5.26 Å². The van der Waals surface area contributed by atoms with Gasteiger partial charge in [-0.05, 0) is 37.0 Å². The third kappa shape index (κ3) is 5.66. The lowest BCUT2D eigenvalue weighted by molar-refractivity contribution is -0.131. The van der Waals surface area contributed by atoms with Gasteiger partial charge in [-0.15, -0.1) is 0 Å². The van der Waals surface area contributed by atoms with Crippen LogP contribution in [0.4, 0.5) is 0 Å². The van der Waals surface area contributed by atoms with Crippen molar-refractivity contribution in [2.24, 2.45) is 0 Å². The first-order valence-corrected chi connectivity index (χ1v) is 5.77. The smallest absolute Gasteiger partial charge is 0.328 e. The van der Waals surface area contributed by atoms with Crippen molar-refractivity contribution in [2.75, 3.05) is 0 Å². The second-order valence-corrected chi connectivity index (χ2v) is 3.83. The molecule has 0 unspecified atom stereocenters. The lowest BCUT2D eigenvalue weighted by atomic mass is 10.1. The van der Waals surface area contributed by atoms with Crippen LogP contribution in [0.5, 0.6) is 0 Å². The molecule has 1 aromatic carbocycles. The van der Waals surface area contributed by atoms with Crippen molar-refractivity contribution in [3.63, 3.8) is 0 Å². The SMILES string of the molecule is N#Cc1ccc(CCC/C=C/C=C/C(=O)O)cc1. The number of carboxylic acids is 1. The fourth-order valence-electron chi connectivity index (χ4n) is 1.48. The molecule has 0 radical (unpaired) electrons. The Morgan fingerprint density at radius 3 is 2.61 bits per heavy atom. The van der Waals surface area contributed by atoms with E-state index in [-0.39, 0.29) is 0 Å². The van der Waals surface area contributed by atoms with E-state index in [0.717, 1.165) is 25.3 Å². The molecule has 0 saturated carbocycles. The second kappa shape index (κ2) is 7.86. The number of hydrogen-bond acceptors (Lipinski definition) is 2. The highest BCUT2D eigenvalue weighted by atomic mass is 16.4. The molecule has 0 amide bonds. The molecule has 3 nitrogen and oxygen atoms in total. The number of unbranched alkanes of at least 4 members (excludes halogenated alkanes) is 1. The van der Waals surface area contributed by atoms with Crippen molar-refractivity contribution in [3.05, 3.63) is 59.7 Å². The largest absolute Gasteiger partial charge is 0.478 e. The molecule has 3 heteroatoms. The molecule has 1 aromatic rings. The summed E-state index contributed by atoms with van der Waals surface area (Å²) in [7, 11) is 0. The zero-order chi connectivity index (χ0) is 13.2. The molecule has 0 fully saturated rings. The van der Waals surface area contributed by atoms with Crippen LogP contribution in [0.1, 0.15) is 24.0 Å². The highest BCUT2D eigenvalue weighted by molar-refractivity contribution is 5.80. The van der Waals surface area contributed by atoms with E-state index in [1.807, 2.05) is 30.3 Å². The predicted octanol–water partition coefficient (Wildman–Crippen LogP) is 3.08. The first-order valence-electron chi connectivity index (χ1n) is 5.77. The molecule has 0 aliphatic carbocycles. The first-order chi connectivity index (χ1) is 8.72. The monoisotopic (exact) mass is 241 g/mol. The van der Waals surface area contributed by atoms with E-state index in [0.29, 0.717) is 5.56 Å². The van der Waals surface area contributed by atoms with Gasteiger partial charge in [-0.3, -0.25) is 0 Å². The molecule has 18 heavy (non-hydrogen) atoms. The summed E-state index contributed by atoms with van der Waals surface area (Å²) in [5.74, 6) is -0.933. The van der Waals surface area contributed by atoms with Crippen LogP contribution in [0.2, 0.25) is 0 Å². The topological polar surface area (TPSA) is 61.1 Å². The van der Waals surface area contributed by atoms with Gasteiger partial charge in [-0.25, -0.2) is 4.79 Å². The number of allylic oxidation sites excluding steroid dienone is 3. The summed E-state index contributed by atoms with van der Waals surface area (Å²) in [5, 5.41) is 17.0. The average molecular weight is 241 g/mol. The molecule has 0 bridgehead atoms. The minimum Gasteiger partial charge on any atom is -0.478 e. The zero-order valence-corrected chi connectivity index (χ0v) is 10.0. The van der Waals surface area contributed by atoms with Crippen LogP contribution in [0.15, 0.2) is 48.6 Å². The van der Waals surface area contributed by atoms with Gasteiger partial charge in [0.1, 0.15) is 0 Å². The minimum absolute atomic E-state index is 0.678. The number of hydrogen-bond donors (Lipinski definition) is 1. The van der Waals surface area contributed by atoms with Crippen LogP contribution in [-0.2, 0) is 11.2 Å². The van der Waals surface area contributed by atoms with Gasteiger partial charge in [0.2, 0.25) is 0 Å². The summed E-state index contributed by atoms with van der Waals surface area (Å²) in [4.78, 5) is 10.2. The maximum atomic E-state index is 10.2. The van der Waals surface area contributed by atoms with Crippen molar-refractivity contribution in [3.8, 4) is 6.07 Å². The van der Waals surface area contributed by atoms with Gasteiger partial charge in [0.25, 0.3) is 0 Å². The maximum Gasteiger partial charge on any atom is 0.328 e. The first kappa shape index (κ1) is 13.7. The fraction of sp³-hybridized carbons (Fsp3) is 0.200. The van der Waals surface area contributed by atoms with Crippen LogP contribution < -0.4 is 0 Å². The fourth-order valence-corrected chi connectivity index (χ4v) is 1.48. The summed E-state index contributed by atoms with van der Waals surface area (Å²) in [6.07, 6.45) is 9.18. The quantitative estimate of drug-likeness (QED) is 0.473. The summed E-state index contributed by atoms with van der Waals surface area (Å²) < 4.78 is 0. The van der Waals surface area contributed by atoms with E-state index in [2.05, 4.69) is 6.07 Å². The summed E-state index contributed by atoms with van der Waals surface area (Å²) in [6.45, 7) is 0. The lowest BCUT2D eigenvalue weighted by Gasteiger charge is -1.98. The average Bonchev–Trinajstić information content (AvgIpc) is 2.38.